The topological polar surface area (TPSA) is 137 Å². The molecule has 4 N–H and O–H groups in total. The number of nitrogens with zero attached hydrogens (tertiary/aromatic N) is 4. The Bertz CT molecular complexity index is 2090. The molecule has 2 amide bonds. The number of aromatic nitrogens is 4. The molecule has 2 aromatic carbocycles. The summed E-state index contributed by atoms with van der Waals surface area (Å²) >= 11 is 0. The first-order valence-corrected chi connectivity index (χ1v) is 15.9. The summed E-state index contributed by atoms with van der Waals surface area (Å²) in [6, 6.07) is 12.2. The Labute approximate surface area is 275 Å². The van der Waals surface area contributed by atoms with E-state index in [4.69, 9.17) is 10.8 Å². The van der Waals surface area contributed by atoms with Gasteiger partial charge in [-0.05, 0) is 87.2 Å². The SMILES string of the molecule is CC1CCn2nc(-c3ccc(NC(=O)c4cccn(-c5ccc(F)cc5)c4=O)cc3F)c3c(N)ncc(c32)/C=C/CCCCCC(=O)N1. The second-order valence-electron chi connectivity index (χ2n) is 11.9. The van der Waals surface area contributed by atoms with Crippen LogP contribution < -0.4 is 21.9 Å². The van der Waals surface area contributed by atoms with E-state index in [1.165, 1.54) is 59.3 Å². The van der Waals surface area contributed by atoms with Crippen molar-refractivity contribution in [2.45, 2.75) is 58.0 Å². The monoisotopic (exact) mass is 651 g/mol. The number of nitrogens with two attached hydrogens (primary N) is 1. The third kappa shape index (κ3) is 6.87. The van der Waals surface area contributed by atoms with Crippen molar-refractivity contribution in [3.63, 3.8) is 0 Å². The minimum Gasteiger partial charge on any atom is -0.383 e. The van der Waals surface area contributed by atoms with Crippen molar-refractivity contribution < 1.29 is 18.4 Å². The molecule has 48 heavy (non-hydrogen) atoms. The van der Waals surface area contributed by atoms with Gasteiger partial charge in [0.05, 0.1) is 10.9 Å². The molecule has 1 atom stereocenters. The van der Waals surface area contributed by atoms with Crippen LogP contribution in [0, 0.1) is 11.6 Å². The standard InChI is InChI=1S/C36H35F2N7O3/c1-22-17-19-45-33-23(8-5-3-2-4-6-10-30(46)41-22)21-40-34(39)31(33)32(43-45)27-16-13-25(20-29(27)38)42-35(47)28-9-7-18-44(36(28)48)26-14-11-24(37)12-15-26/h5,7-9,11-16,18,20-22H,2-4,6,10,17,19H2,1H3,(H2,39,40)(H,41,46)(H,42,47)/b8-5+. The number of nitrogen functional groups attached to an aromatic ring is 1. The van der Waals surface area contributed by atoms with Gasteiger partial charge < -0.3 is 16.4 Å². The summed E-state index contributed by atoms with van der Waals surface area (Å²) in [5.41, 5.74) is 8.07. The summed E-state index contributed by atoms with van der Waals surface area (Å²) in [6.07, 6.45) is 11.8. The number of rotatable bonds is 4. The molecular formula is C36H35F2N7O3. The number of anilines is 2. The first-order chi connectivity index (χ1) is 23.2. The van der Waals surface area contributed by atoms with Gasteiger partial charge in [0.2, 0.25) is 5.91 Å². The van der Waals surface area contributed by atoms with Crippen molar-refractivity contribution in [1.82, 2.24) is 24.6 Å². The molecule has 0 saturated heterocycles. The molecule has 246 valence electrons. The first kappa shape index (κ1) is 32.3. The average molecular weight is 652 g/mol. The van der Waals surface area contributed by atoms with Crippen molar-refractivity contribution in [2.24, 2.45) is 0 Å². The third-order valence-corrected chi connectivity index (χ3v) is 8.36. The summed E-state index contributed by atoms with van der Waals surface area (Å²) < 4.78 is 32.3. The lowest BCUT2D eigenvalue weighted by Gasteiger charge is -2.14. The van der Waals surface area contributed by atoms with Crippen LogP contribution in [-0.2, 0) is 11.3 Å². The van der Waals surface area contributed by atoms with E-state index < -0.39 is 23.1 Å². The van der Waals surface area contributed by atoms with Gasteiger partial charge >= 0.3 is 0 Å². The van der Waals surface area contributed by atoms with E-state index in [9.17, 15) is 18.8 Å². The fourth-order valence-electron chi connectivity index (χ4n) is 5.86. The summed E-state index contributed by atoms with van der Waals surface area (Å²) in [5, 5.41) is 11.0. The van der Waals surface area contributed by atoms with Crippen LogP contribution in [0.1, 0.15) is 61.4 Å². The number of hydrogen-bond acceptors (Lipinski definition) is 6. The second-order valence-corrected chi connectivity index (χ2v) is 11.9. The number of amides is 2. The van der Waals surface area contributed by atoms with Gasteiger partial charge in [-0.2, -0.15) is 5.10 Å². The highest BCUT2D eigenvalue weighted by Crippen LogP contribution is 2.36. The lowest BCUT2D eigenvalue weighted by atomic mass is 10.0. The molecule has 4 heterocycles. The molecule has 0 fully saturated rings. The molecule has 5 aromatic rings. The fraction of sp³-hybridized carbons (Fsp3) is 0.250. The highest BCUT2D eigenvalue weighted by Gasteiger charge is 2.22. The lowest BCUT2D eigenvalue weighted by Crippen LogP contribution is -2.33. The molecule has 0 aliphatic carbocycles. The van der Waals surface area contributed by atoms with Crippen LogP contribution in [0.5, 0.6) is 0 Å². The van der Waals surface area contributed by atoms with Crippen LogP contribution in [0.3, 0.4) is 0 Å². The number of pyridine rings is 2. The van der Waals surface area contributed by atoms with E-state index in [0.717, 1.165) is 37.3 Å². The molecule has 1 unspecified atom stereocenters. The zero-order valence-corrected chi connectivity index (χ0v) is 26.4. The largest absolute Gasteiger partial charge is 0.383 e. The molecule has 0 spiro atoms. The third-order valence-electron chi connectivity index (χ3n) is 8.36. The van der Waals surface area contributed by atoms with E-state index in [1.54, 1.807) is 10.9 Å². The zero-order valence-electron chi connectivity index (χ0n) is 26.4. The number of nitrogens with one attached hydrogen (secondary N) is 2. The Morgan fingerprint density at radius 3 is 2.67 bits per heavy atom. The van der Waals surface area contributed by atoms with E-state index in [0.29, 0.717) is 41.7 Å². The van der Waals surface area contributed by atoms with E-state index in [2.05, 4.69) is 21.7 Å². The molecule has 1 aliphatic rings. The number of hydrogen-bond donors (Lipinski definition) is 3. The number of aryl methyl sites for hydroxylation is 1. The summed E-state index contributed by atoms with van der Waals surface area (Å²) in [5.74, 6) is -1.64. The van der Waals surface area contributed by atoms with Crippen molar-refractivity contribution in [2.75, 3.05) is 11.1 Å². The molecule has 0 bridgehead atoms. The van der Waals surface area contributed by atoms with Crippen LogP contribution >= 0.6 is 0 Å². The highest BCUT2D eigenvalue weighted by atomic mass is 19.1. The molecule has 1 aliphatic heterocycles. The van der Waals surface area contributed by atoms with Crippen LogP contribution in [0.25, 0.3) is 33.9 Å². The zero-order chi connectivity index (χ0) is 33.8. The smallest absolute Gasteiger partial charge is 0.267 e. The van der Waals surface area contributed by atoms with Gasteiger partial charge in [0, 0.05) is 53.9 Å². The Kier molecular flexibility index (Phi) is 9.42. The lowest BCUT2D eigenvalue weighted by molar-refractivity contribution is -0.121. The Morgan fingerprint density at radius 1 is 1.06 bits per heavy atom. The number of carbonyl (C=O) groups excluding carboxylic acids is 2. The molecular weight excluding hydrogens is 616 g/mol. The molecule has 0 saturated carbocycles. The van der Waals surface area contributed by atoms with Crippen LogP contribution in [-0.4, -0.2) is 37.2 Å². The molecule has 0 radical (unpaired) electrons. The van der Waals surface area contributed by atoms with Crippen molar-refractivity contribution in [3.8, 4) is 16.9 Å². The normalized spacial score (nSPS) is 16.5. The van der Waals surface area contributed by atoms with Gasteiger partial charge in [0.15, 0.2) is 0 Å². The van der Waals surface area contributed by atoms with Gasteiger partial charge in [0.25, 0.3) is 11.5 Å². The maximum atomic E-state index is 15.9. The predicted octanol–water partition coefficient (Wildman–Crippen LogP) is 6.23. The Hall–Kier alpha value is -5.65. The first-order valence-electron chi connectivity index (χ1n) is 15.9. The number of allylic oxidation sites excluding steroid dienone is 1. The molecule has 12 heteroatoms. The van der Waals surface area contributed by atoms with Gasteiger partial charge in [-0.1, -0.05) is 18.6 Å². The summed E-state index contributed by atoms with van der Waals surface area (Å²) in [7, 11) is 0. The van der Waals surface area contributed by atoms with Crippen molar-refractivity contribution in [1.29, 1.82) is 0 Å². The van der Waals surface area contributed by atoms with Gasteiger partial charge in [-0.25, -0.2) is 13.8 Å². The minimum atomic E-state index is -0.732. The fourth-order valence-corrected chi connectivity index (χ4v) is 5.86. The summed E-state index contributed by atoms with van der Waals surface area (Å²) in [6.45, 7) is 2.38. The van der Waals surface area contributed by atoms with Crippen molar-refractivity contribution in [3.05, 3.63) is 106 Å². The molecule has 3 aromatic heterocycles. The highest BCUT2D eigenvalue weighted by molar-refractivity contribution is 6.05. The Morgan fingerprint density at radius 2 is 1.88 bits per heavy atom. The average Bonchev–Trinajstić information content (AvgIpc) is 3.44. The van der Waals surface area contributed by atoms with Gasteiger partial charge in [-0.3, -0.25) is 23.6 Å². The minimum absolute atomic E-state index is 0.0214. The number of halogens is 2. The summed E-state index contributed by atoms with van der Waals surface area (Å²) in [4.78, 5) is 43.1. The second kappa shape index (κ2) is 14.0. The predicted molar refractivity (Wildman–Crippen MR) is 182 cm³/mol. The molecule has 10 nitrogen and oxygen atoms in total. The maximum Gasteiger partial charge on any atom is 0.267 e. The maximum absolute atomic E-state index is 15.9. The molecule has 6 rings (SSSR count). The Balaban J connectivity index is 1.32. The quantitative estimate of drug-likeness (QED) is 0.211. The number of benzene rings is 2. The van der Waals surface area contributed by atoms with Crippen LogP contribution in [0.4, 0.5) is 20.3 Å². The van der Waals surface area contributed by atoms with E-state index in [-0.39, 0.29) is 34.6 Å². The van der Waals surface area contributed by atoms with Crippen LogP contribution in [0.2, 0.25) is 0 Å². The number of carbonyl (C=O) groups is 2. The van der Waals surface area contributed by atoms with Gasteiger partial charge in [-0.15, -0.1) is 0 Å². The van der Waals surface area contributed by atoms with Crippen LogP contribution in [0.15, 0.2) is 77.9 Å². The van der Waals surface area contributed by atoms with E-state index in [1.807, 2.05) is 13.0 Å². The van der Waals surface area contributed by atoms with E-state index >= 15 is 4.39 Å². The van der Waals surface area contributed by atoms with Gasteiger partial charge in [0.1, 0.15) is 28.7 Å². The van der Waals surface area contributed by atoms with Crippen molar-refractivity contribution >= 4 is 40.3 Å².